The fourth-order valence-electron chi connectivity index (χ4n) is 4.22. The quantitative estimate of drug-likeness (QED) is 0.399. The molecule has 9 heteroatoms. The molecule has 4 aromatic rings. The van der Waals surface area contributed by atoms with Crippen molar-refractivity contribution in [2.75, 3.05) is 45.7 Å². The van der Waals surface area contributed by atoms with Crippen LogP contribution in [0.15, 0.2) is 89.9 Å². The van der Waals surface area contributed by atoms with Crippen molar-refractivity contribution in [2.24, 2.45) is 0 Å². The number of ether oxygens (including phenoxy) is 2. The van der Waals surface area contributed by atoms with Crippen LogP contribution in [0.5, 0.6) is 17.2 Å². The Bertz CT molecular complexity index is 1460. The van der Waals surface area contributed by atoms with Gasteiger partial charge in [0.1, 0.15) is 11.5 Å². The van der Waals surface area contributed by atoms with Gasteiger partial charge in [-0.1, -0.05) is 24.3 Å². The summed E-state index contributed by atoms with van der Waals surface area (Å²) in [4.78, 5) is 30.9. The fraction of sp³-hybridized carbons (Fsp3) is 0.207. The van der Waals surface area contributed by atoms with Crippen LogP contribution in [0.2, 0.25) is 0 Å². The molecule has 2 heterocycles. The van der Waals surface area contributed by atoms with Crippen LogP contribution in [0, 0.1) is 0 Å². The van der Waals surface area contributed by atoms with Crippen LogP contribution in [-0.4, -0.2) is 65.8 Å². The number of likely N-dealkylation sites (N-methyl/N-ethyl adjacent to an activating group) is 1. The van der Waals surface area contributed by atoms with Crippen molar-refractivity contribution in [3.8, 4) is 22.9 Å². The van der Waals surface area contributed by atoms with Crippen molar-refractivity contribution in [1.29, 1.82) is 0 Å². The topological polar surface area (TPSA) is 88.9 Å². The number of nitrogens with zero attached hydrogens (tertiary/aromatic N) is 4. The van der Waals surface area contributed by atoms with Crippen molar-refractivity contribution < 1.29 is 14.3 Å². The third-order valence-corrected chi connectivity index (χ3v) is 6.40. The first-order valence-corrected chi connectivity index (χ1v) is 12.4. The van der Waals surface area contributed by atoms with Gasteiger partial charge in [0.2, 0.25) is 0 Å². The van der Waals surface area contributed by atoms with E-state index in [1.807, 2.05) is 29.2 Å². The van der Waals surface area contributed by atoms with Gasteiger partial charge < -0.3 is 24.6 Å². The largest absolute Gasteiger partial charge is 0.497 e. The standard InChI is InChI=1S/C29H29N5O4/c1-32-15-17-33(18-16-32)28(35)21-7-6-8-22(19-21)31-27-26(38-25-9-4-3-5-10-25)20-30-34(29(27)36)23-11-13-24(37-2)14-12-23/h3-14,19-20,31H,15-18H2,1-2H3. The van der Waals surface area contributed by atoms with E-state index >= 15 is 0 Å². The summed E-state index contributed by atoms with van der Waals surface area (Å²) >= 11 is 0. The van der Waals surface area contributed by atoms with Gasteiger partial charge in [0.15, 0.2) is 11.4 Å². The van der Waals surface area contributed by atoms with Gasteiger partial charge in [0, 0.05) is 37.4 Å². The van der Waals surface area contributed by atoms with E-state index in [0.717, 1.165) is 13.1 Å². The highest BCUT2D eigenvalue weighted by atomic mass is 16.5. The molecule has 194 valence electrons. The minimum absolute atomic E-state index is 0.0344. The number of piperazine rings is 1. The normalized spacial score (nSPS) is 13.7. The molecule has 5 rings (SSSR count). The predicted octanol–water partition coefficient (Wildman–Crippen LogP) is 4.16. The van der Waals surface area contributed by atoms with Crippen LogP contribution < -0.4 is 20.3 Å². The molecule has 38 heavy (non-hydrogen) atoms. The number of amides is 1. The summed E-state index contributed by atoms with van der Waals surface area (Å²) in [5, 5.41) is 7.55. The summed E-state index contributed by atoms with van der Waals surface area (Å²) in [6, 6.07) is 23.4. The van der Waals surface area contributed by atoms with Crippen molar-refractivity contribution in [1.82, 2.24) is 19.6 Å². The van der Waals surface area contributed by atoms with E-state index in [1.165, 1.54) is 10.9 Å². The van der Waals surface area contributed by atoms with Crippen molar-refractivity contribution >= 4 is 17.3 Å². The fourth-order valence-corrected chi connectivity index (χ4v) is 4.22. The van der Waals surface area contributed by atoms with Crippen LogP contribution in [0.25, 0.3) is 5.69 Å². The van der Waals surface area contributed by atoms with E-state index < -0.39 is 5.56 Å². The van der Waals surface area contributed by atoms with E-state index in [1.54, 1.807) is 61.7 Å². The Morgan fingerprint density at radius 2 is 1.63 bits per heavy atom. The number of methoxy groups -OCH3 is 1. The van der Waals surface area contributed by atoms with Gasteiger partial charge in [-0.25, -0.2) is 0 Å². The molecule has 0 aliphatic carbocycles. The molecule has 1 amide bonds. The maximum Gasteiger partial charge on any atom is 0.299 e. The lowest BCUT2D eigenvalue weighted by atomic mass is 10.1. The van der Waals surface area contributed by atoms with Gasteiger partial charge in [0.05, 0.1) is 19.0 Å². The smallest absolute Gasteiger partial charge is 0.299 e. The molecular formula is C29H29N5O4. The summed E-state index contributed by atoms with van der Waals surface area (Å²) in [7, 11) is 3.63. The second-order valence-electron chi connectivity index (χ2n) is 9.02. The first kappa shape index (κ1) is 25.0. The van der Waals surface area contributed by atoms with Gasteiger partial charge >= 0.3 is 0 Å². The number of para-hydroxylation sites is 1. The van der Waals surface area contributed by atoms with Crippen LogP contribution in [0.4, 0.5) is 11.4 Å². The number of anilines is 2. The van der Waals surface area contributed by atoms with E-state index in [9.17, 15) is 9.59 Å². The van der Waals surface area contributed by atoms with Crippen LogP contribution in [-0.2, 0) is 0 Å². The second-order valence-corrected chi connectivity index (χ2v) is 9.02. The first-order chi connectivity index (χ1) is 18.5. The first-order valence-electron chi connectivity index (χ1n) is 12.4. The molecule has 0 saturated carbocycles. The molecule has 1 aliphatic heterocycles. The molecule has 0 unspecified atom stereocenters. The Morgan fingerprint density at radius 3 is 2.34 bits per heavy atom. The molecular weight excluding hydrogens is 482 g/mol. The zero-order chi connectivity index (χ0) is 26.5. The average Bonchev–Trinajstić information content (AvgIpc) is 2.96. The number of benzene rings is 3. The number of carbonyl (C=O) groups excluding carboxylic acids is 1. The Kier molecular flexibility index (Phi) is 7.37. The van der Waals surface area contributed by atoms with Gasteiger partial charge in [0.25, 0.3) is 11.5 Å². The average molecular weight is 512 g/mol. The Balaban J connectivity index is 1.49. The molecule has 9 nitrogen and oxygen atoms in total. The number of aromatic nitrogens is 2. The van der Waals surface area contributed by atoms with E-state index in [-0.39, 0.29) is 17.3 Å². The number of carbonyl (C=O) groups is 1. The lowest BCUT2D eigenvalue weighted by Gasteiger charge is -2.32. The van der Waals surface area contributed by atoms with Crippen LogP contribution in [0.1, 0.15) is 10.4 Å². The van der Waals surface area contributed by atoms with Gasteiger partial charge in [-0.05, 0) is 61.6 Å². The molecule has 1 fully saturated rings. The molecule has 0 atom stereocenters. The minimum atomic E-state index is -0.403. The molecule has 1 aromatic heterocycles. The van der Waals surface area contributed by atoms with E-state index in [0.29, 0.717) is 41.5 Å². The van der Waals surface area contributed by atoms with Crippen LogP contribution in [0.3, 0.4) is 0 Å². The van der Waals surface area contributed by atoms with E-state index in [2.05, 4.69) is 22.4 Å². The maximum absolute atomic E-state index is 13.7. The summed E-state index contributed by atoms with van der Waals surface area (Å²) in [6.07, 6.45) is 1.50. The summed E-state index contributed by atoms with van der Waals surface area (Å²) in [5.74, 6) is 1.47. The monoisotopic (exact) mass is 511 g/mol. The van der Waals surface area contributed by atoms with Crippen molar-refractivity contribution in [3.05, 3.63) is 101 Å². The second kappa shape index (κ2) is 11.2. The molecule has 0 radical (unpaired) electrons. The minimum Gasteiger partial charge on any atom is -0.497 e. The number of hydrogen-bond acceptors (Lipinski definition) is 7. The highest BCUT2D eigenvalue weighted by Crippen LogP contribution is 2.29. The molecule has 0 spiro atoms. The molecule has 3 aromatic carbocycles. The zero-order valence-corrected chi connectivity index (χ0v) is 21.3. The molecule has 0 bridgehead atoms. The zero-order valence-electron chi connectivity index (χ0n) is 21.3. The van der Waals surface area contributed by atoms with E-state index in [4.69, 9.17) is 9.47 Å². The maximum atomic E-state index is 13.7. The third-order valence-electron chi connectivity index (χ3n) is 6.40. The van der Waals surface area contributed by atoms with Gasteiger partial charge in [-0.2, -0.15) is 9.78 Å². The Morgan fingerprint density at radius 1 is 0.895 bits per heavy atom. The van der Waals surface area contributed by atoms with Crippen molar-refractivity contribution in [2.45, 2.75) is 0 Å². The van der Waals surface area contributed by atoms with Crippen LogP contribution >= 0.6 is 0 Å². The SMILES string of the molecule is COc1ccc(-n2ncc(Oc3ccccc3)c(Nc3cccc(C(=O)N4CCN(C)CC4)c3)c2=O)cc1. The summed E-state index contributed by atoms with van der Waals surface area (Å²) < 4.78 is 12.6. The third kappa shape index (κ3) is 5.52. The molecule has 1 saturated heterocycles. The Hall–Kier alpha value is -4.63. The highest BCUT2D eigenvalue weighted by Gasteiger charge is 2.21. The Labute approximate surface area is 220 Å². The van der Waals surface area contributed by atoms with Crippen molar-refractivity contribution in [3.63, 3.8) is 0 Å². The van der Waals surface area contributed by atoms with Gasteiger partial charge in [-0.3, -0.25) is 9.59 Å². The summed E-state index contributed by atoms with van der Waals surface area (Å²) in [6.45, 7) is 3.04. The number of nitrogens with one attached hydrogen (secondary N) is 1. The summed E-state index contributed by atoms with van der Waals surface area (Å²) in [5.41, 5.74) is 1.51. The molecule has 1 aliphatic rings. The lowest BCUT2D eigenvalue weighted by molar-refractivity contribution is 0.0664. The number of hydrogen-bond donors (Lipinski definition) is 1. The number of rotatable bonds is 7. The molecule has 1 N–H and O–H groups in total. The predicted molar refractivity (Wildman–Crippen MR) is 146 cm³/mol. The van der Waals surface area contributed by atoms with Gasteiger partial charge in [-0.15, -0.1) is 0 Å². The lowest BCUT2D eigenvalue weighted by Crippen LogP contribution is -2.47. The highest BCUT2D eigenvalue weighted by molar-refractivity contribution is 5.95.